The van der Waals surface area contributed by atoms with Crippen molar-refractivity contribution in [1.29, 1.82) is 0 Å². The third kappa shape index (κ3) is 8.49. The van der Waals surface area contributed by atoms with Gasteiger partial charge < -0.3 is 30.4 Å². The maximum atomic E-state index is 13.8. The van der Waals surface area contributed by atoms with Crippen molar-refractivity contribution < 1.29 is 38.5 Å². The van der Waals surface area contributed by atoms with Crippen LogP contribution in [0.5, 0.6) is 0 Å². The van der Waals surface area contributed by atoms with Crippen LogP contribution in [0.4, 0.5) is 4.79 Å². The van der Waals surface area contributed by atoms with Gasteiger partial charge in [0, 0.05) is 42.9 Å². The molecule has 6 atom stereocenters. The highest BCUT2D eigenvalue weighted by atomic mass is 16.6. The van der Waals surface area contributed by atoms with Gasteiger partial charge in [-0.25, -0.2) is 4.79 Å². The SMILES string of the molecule is COC1/C=C\C=C(/C)C(=O)NC2=CC(=O)C(c3ccccc3)=C(CC(C)CC(OC)C(O)C(C)/C=C(\C)C1OC(N)=O)C2=O. The molecule has 0 spiro atoms. The molecule has 4 N–H and O–H groups in total. The monoisotopic (exact) mass is 606 g/mol. The molecular weight excluding hydrogens is 564 g/mol. The minimum atomic E-state index is -0.998. The highest BCUT2D eigenvalue weighted by Gasteiger charge is 2.33. The van der Waals surface area contributed by atoms with Gasteiger partial charge in [0.05, 0.1) is 17.9 Å². The standard InChI is InChI=1S/C34H42N2O8/c1-19-15-24-29(23-12-8-7-9-13-23)26(37)18-25(31(24)39)36-33(40)20(2)11-10-14-27(42-5)32(44-34(35)41)22(4)17-21(3)30(38)28(16-19)43-6/h7-14,17-19,21,27-28,30,32,38H,15-16H2,1-6H3,(H2,35,41)(H,36,40)/b14-10-,20-11+,22-17+. The zero-order valence-electron chi connectivity index (χ0n) is 26.0. The number of hydrogen-bond acceptors (Lipinski definition) is 8. The smallest absolute Gasteiger partial charge is 0.405 e. The van der Waals surface area contributed by atoms with E-state index in [0.29, 0.717) is 17.6 Å². The Labute approximate surface area is 258 Å². The molecule has 44 heavy (non-hydrogen) atoms. The average molecular weight is 607 g/mol. The van der Waals surface area contributed by atoms with E-state index in [2.05, 4.69) is 5.32 Å². The number of aliphatic hydroxyl groups excluding tert-OH is 1. The number of nitrogens with two attached hydrogens (primary N) is 1. The van der Waals surface area contributed by atoms with Gasteiger partial charge in [0.15, 0.2) is 11.9 Å². The van der Waals surface area contributed by atoms with E-state index < -0.39 is 48.1 Å². The minimum Gasteiger partial charge on any atom is -0.439 e. The van der Waals surface area contributed by atoms with Crippen molar-refractivity contribution in [3.05, 3.63) is 88.7 Å². The van der Waals surface area contributed by atoms with Crippen molar-refractivity contribution in [2.24, 2.45) is 17.6 Å². The average Bonchev–Trinajstić information content (AvgIpc) is 2.98. The lowest BCUT2D eigenvalue weighted by Crippen LogP contribution is -2.37. The molecule has 0 aromatic heterocycles. The molecule has 1 aliphatic carbocycles. The Morgan fingerprint density at radius 3 is 2.34 bits per heavy atom. The molecule has 1 aromatic rings. The predicted octanol–water partition coefficient (Wildman–Crippen LogP) is 3.96. The maximum Gasteiger partial charge on any atom is 0.405 e. The molecule has 1 aliphatic heterocycles. The quantitative estimate of drug-likeness (QED) is 0.344. The fourth-order valence-electron chi connectivity index (χ4n) is 5.51. The van der Waals surface area contributed by atoms with E-state index in [-0.39, 0.29) is 40.5 Å². The molecule has 2 aliphatic rings. The molecule has 0 saturated heterocycles. The van der Waals surface area contributed by atoms with E-state index in [9.17, 15) is 24.3 Å². The Balaban J connectivity index is 2.12. The van der Waals surface area contributed by atoms with Gasteiger partial charge in [-0.2, -0.15) is 0 Å². The van der Waals surface area contributed by atoms with E-state index in [1.165, 1.54) is 20.3 Å². The number of ether oxygens (including phenoxy) is 3. The van der Waals surface area contributed by atoms with Crippen LogP contribution < -0.4 is 11.1 Å². The number of aliphatic hydroxyl groups is 1. The molecule has 2 bridgehead atoms. The number of carbonyl (C=O) groups excluding carboxylic acids is 4. The molecule has 6 unspecified atom stereocenters. The highest BCUT2D eigenvalue weighted by molar-refractivity contribution is 6.37. The van der Waals surface area contributed by atoms with Crippen LogP contribution in [0.25, 0.3) is 5.57 Å². The summed E-state index contributed by atoms with van der Waals surface area (Å²) in [4.78, 5) is 52.1. The number of allylic oxidation sites excluding steroid dienone is 5. The molecule has 1 heterocycles. The van der Waals surface area contributed by atoms with Crippen molar-refractivity contribution in [2.45, 2.75) is 65.0 Å². The van der Waals surface area contributed by atoms with Crippen molar-refractivity contribution in [3.63, 3.8) is 0 Å². The Kier molecular flexibility index (Phi) is 12.2. The Bertz CT molecular complexity index is 1410. The number of hydrogen-bond donors (Lipinski definition) is 3. The Morgan fingerprint density at radius 2 is 1.73 bits per heavy atom. The third-order valence-electron chi connectivity index (χ3n) is 7.86. The van der Waals surface area contributed by atoms with Crippen molar-refractivity contribution in [3.8, 4) is 0 Å². The summed E-state index contributed by atoms with van der Waals surface area (Å²) < 4.78 is 16.6. The Hall–Kier alpha value is -4.12. The van der Waals surface area contributed by atoms with Crippen LogP contribution in [0.1, 0.15) is 46.1 Å². The van der Waals surface area contributed by atoms with Crippen LogP contribution in [-0.2, 0) is 28.6 Å². The fraction of sp³-hybridized carbons (Fsp3) is 0.412. The van der Waals surface area contributed by atoms with Gasteiger partial charge in [-0.1, -0.05) is 68.5 Å². The zero-order chi connectivity index (χ0) is 32.6. The molecular formula is C34H42N2O8. The molecule has 1 aromatic carbocycles. The lowest BCUT2D eigenvalue weighted by atomic mass is 9.81. The van der Waals surface area contributed by atoms with Gasteiger partial charge in [-0.05, 0) is 43.7 Å². The van der Waals surface area contributed by atoms with E-state index >= 15 is 0 Å². The summed E-state index contributed by atoms with van der Waals surface area (Å²) in [6.45, 7) is 7.03. The van der Waals surface area contributed by atoms with Crippen molar-refractivity contribution in [1.82, 2.24) is 5.32 Å². The van der Waals surface area contributed by atoms with Crippen molar-refractivity contribution >= 4 is 29.1 Å². The molecule has 10 nitrogen and oxygen atoms in total. The second kappa shape index (κ2) is 15.6. The van der Waals surface area contributed by atoms with Gasteiger partial charge in [0.2, 0.25) is 5.78 Å². The third-order valence-corrected chi connectivity index (χ3v) is 7.86. The van der Waals surface area contributed by atoms with Gasteiger partial charge in [0.25, 0.3) is 5.91 Å². The number of Topliss-reactive ketones (excluding diaryl/α,β-unsaturated/α-hetero) is 1. The summed E-state index contributed by atoms with van der Waals surface area (Å²) in [5, 5.41) is 13.9. The number of carbonyl (C=O) groups is 4. The predicted molar refractivity (Wildman–Crippen MR) is 166 cm³/mol. The lowest BCUT2D eigenvalue weighted by molar-refractivity contribution is -0.119. The number of rotatable bonds is 4. The number of methoxy groups -OCH3 is 2. The summed E-state index contributed by atoms with van der Waals surface area (Å²) in [6, 6.07) is 8.94. The first-order valence-corrected chi connectivity index (χ1v) is 14.5. The normalized spacial score (nSPS) is 30.8. The lowest BCUT2D eigenvalue weighted by Gasteiger charge is -2.30. The molecule has 0 radical (unpaired) electrons. The second-order valence-corrected chi connectivity index (χ2v) is 11.3. The maximum absolute atomic E-state index is 13.8. The molecule has 2 amide bonds. The van der Waals surface area contributed by atoms with Crippen LogP contribution >= 0.6 is 0 Å². The van der Waals surface area contributed by atoms with E-state index in [1.54, 1.807) is 56.3 Å². The first kappa shape index (κ1) is 34.4. The molecule has 0 saturated carbocycles. The number of benzene rings is 1. The van der Waals surface area contributed by atoms with E-state index in [0.717, 1.165) is 6.08 Å². The van der Waals surface area contributed by atoms with Crippen LogP contribution in [0, 0.1) is 11.8 Å². The number of amides is 2. The van der Waals surface area contributed by atoms with Gasteiger partial charge in [0.1, 0.15) is 6.10 Å². The summed E-state index contributed by atoms with van der Waals surface area (Å²) in [7, 11) is 2.94. The summed E-state index contributed by atoms with van der Waals surface area (Å²) in [5.74, 6) is -2.05. The summed E-state index contributed by atoms with van der Waals surface area (Å²) in [6.07, 6.45) is 3.89. The molecule has 3 rings (SSSR count). The number of nitrogens with one attached hydrogen (secondary N) is 1. The summed E-state index contributed by atoms with van der Waals surface area (Å²) in [5.41, 5.74) is 7.26. The van der Waals surface area contributed by atoms with Gasteiger partial charge >= 0.3 is 6.09 Å². The first-order chi connectivity index (χ1) is 20.9. The Morgan fingerprint density at radius 1 is 1.05 bits per heavy atom. The van der Waals surface area contributed by atoms with E-state index in [4.69, 9.17) is 19.9 Å². The number of primary amides is 1. The molecule has 0 fully saturated rings. The zero-order valence-corrected chi connectivity index (χ0v) is 26.0. The highest BCUT2D eigenvalue weighted by Crippen LogP contribution is 2.33. The van der Waals surface area contributed by atoms with Crippen LogP contribution in [0.15, 0.2) is 83.1 Å². The van der Waals surface area contributed by atoms with Gasteiger partial charge in [-0.3, -0.25) is 14.4 Å². The topological polar surface area (TPSA) is 154 Å². The van der Waals surface area contributed by atoms with Crippen LogP contribution in [-0.4, -0.2) is 67.3 Å². The molecule has 236 valence electrons. The van der Waals surface area contributed by atoms with Crippen molar-refractivity contribution in [2.75, 3.05) is 14.2 Å². The number of fused-ring (bicyclic) bond motifs is 2. The second-order valence-electron chi connectivity index (χ2n) is 11.3. The largest absolute Gasteiger partial charge is 0.439 e. The fourth-order valence-corrected chi connectivity index (χ4v) is 5.51. The summed E-state index contributed by atoms with van der Waals surface area (Å²) >= 11 is 0. The van der Waals surface area contributed by atoms with E-state index in [1.807, 2.05) is 19.9 Å². The minimum absolute atomic E-state index is 0.113. The number of ketones is 2. The van der Waals surface area contributed by atoms with Gasteiger partial charge in [-0.15, -0.1) is 0 Å². The first-order valence-electron chi connectivity index (χ1n) is 14.5. The van der Waals surface area contributed by atoms with Crippen LogP contribution in [0.3, 0.4) is 0 Å². The van der Waals surface area contributed by atoms with Crippen LogP contribution in [0.2, 0.25) is 0 Å². The molecule has 10 heteroatoms.